The van der Waals surface area contributed by atoms with E-state index in [1.165, 1.54) is 0 Å². The largest absolute Gasteiger partial charge is 0.457 e. The summed E-state index contributed by atoms with van der Waals surface area (Å²) in [7, 11) is 0. The van der Waals surface area contributed by atoms with Crippen molar-refractivity contribution in [1.82, 2.24) is 4.90 Å². The highest BCUT2D eigenvalue weighted by atomic mass is 16.6. The number of aliphatic hydroxyl groups excluding tert-OH is 1. The van der Waals surface area contributed by atoms with Gasteiger partial charge in [0.1, 0.15) is 17.1 Å². The number of hydrogen-bond donors (Lipinski definition) is 1. The van der Waals surface area contributed by atoms with Crippen LogP contribution in [0.2, 0.25) is 0 Å². The third-order valence-electron chi connectivity index (χ3n) is 3.90. The van der Waals surface area contributed by atoms with E-state index in [9.17, 15) is 9.90 Å². The van der Waals surface area contributed by atoms with Crippen molar-refractivity contribution in [3.05, 3.63) is 59.2 Å². The summed E-state index contributed by atoms with van der Waals surface area (Å²) in [6.45, 7) is 6.51. The number of amides is 1. The van der Waals surface area contributed by atoms with Crippen LogP contribution in [0.15, 0.2) is 42.5 Å². The monoisotopic (exact) mass is 341 g/mol. The molecule has 0 aromatic heterocycles. The second-order valence-corrected chi connectivity index (χ2v) is 7.14. The van der Waals surface area contributed by atoms with Gasteiger partial charge in [0, 0.05) is 12.1 Å². The van der Waals surface area contributed by atoms with Crippen LogP contribution in [0.5, 0.6) is 11.5 Å². The average molecular weight is 341 g/mol. The first-order chi connectivity index (χ1) is 11.9. The topological polar surface area (TPSA) is 59.0 Å². The summed E-state index contributed by atoms with van der Waals surface area (Å²) in [6, 6.07) is 13.1. The lowest BCUT2D eigenvalue weighted by Gasteiger charge is -2.24. The van der Waals surface area contributed by atoms with Crippen LogP contribution < -0.4 is 4.74 Å². The van der Waals surface area contributed by atoms with E-state index in [0.29, 0.717) is 18.8 Å². The van der Waals surface area contributed by atoms with E-state index in [1.54, 1.807) is 11.0 Å². The van der Waals surface area contributed by atoms with Crippen molar-refractivity contribution in [2.45, 2.75) is 46.1 Å². The maximum Gasteiger partial charge on any atom is 0.410 e. The van der Waals surface area contributed by atoms with Gasteiger partial charge in [-0.2, -0.15) is 0 Å². The van der Waals surface area contributed by atoms with Crippen molar-refractivity contribution in [2.75, 3.05) is 0 Å². The fourth-order valence-electron chi connectivity index (χ4n) is 2.78. The Bertz CT molecular complexity index is 780. The number of nitrogens with zero attached hydrogens (tertiary/aromatic N) is 1. The third kappa shape index (κ3) is 4.12. The lowest BCUT2D eigenvalue weighted by Crippen LogP contribution is -2.33. The molecule has 132 valence electrons. The normalized spacial score (nSPS) is 13.5. The second-order valence-electron chi connectivity index (χ2n) is 7.14. The summed E-state index contributed by atoms with van der Waals surface area (Å²) in [4.78, 5) is 14.0. The van der Waals surface area contributed by atoms with Crippen LogP contribution in [-0.2, 0) is 24.4 Å². The molecule has 0 saturated heterocycles. The number of carbonyl (C=O) groups is 1. The van der Waals surface area contributed by atoms with Crippen molar-refractivity contribution < 1.29 is 19.4 Å². The van der Waals surface area contributed by atoms with E-state index < -0.39 is 5.60 Å². The van der Waals surface area contributed by atoms with Crippen LogP contribution in [0.1, 0.15) is 37.5 Å². The first kappa shape index (κ1) is 17.3. The SMILES string of the molecule is CC(C)(C)OC(=O)N1Cc2cccc(Oc3cccc(CO)c3)c2C1. The zero-order valence-corrected chi connectivity index (χ0v) is 14.8. The predicted molar refractivity (Wildman–Crippen MR) is 94.4 cm³/mol. The smallest absolute Gasteiger partial charge is 0.410 e. The van der Waals surface area contributed by atoms with Crippen molar-refractivity contribution in [3.63, 3.8) is 0 Å². The van der Waals surface area contributed by atoms with Gasteiger partial charge < -0.3 is 14.6 Å². The van der Waals surface area contributed by atoms with E-state index in [0.717, 1.165) is 22.4 Å². The van der Waals surface area contributed by atoms with Gasteiger partial charge in [0.05, 0.1) is 13.2 Å². The van der Waals surface area contributed by atoms with Gasteiger partial charge in [-0.1, -0.05) is 24.3 Å². The summed E-state index contributed by atoms with van der Waals surface area (Å²) in [5.74, 6) is 1.38. The molecule has 0 atom stereocenters. The van der Waals surface area contributed by atoms with Gasteiger partial charge in [-0.15, -0.1) is 0 Å². The van der Waals surface area contributed by atoms with Crippen molar-refractivity contribution in [2.24, 2.45) is 0 Å². The Hall–Kier alpha value is -2.53. The Morgan fingerprint density at radius 3 is 2.64 bits per heavy atom. The number of aliphatic hydroxyl groups is 1. The second kappa shape index (κ2) is 6.76. The standard InChI is InChI=1S/C20H23NO4/c1-20(2,3)25-19(23)21-11-15-7-5-9-18(17(15)12-21)24-16-8-4-6-14(10-16)13-22/h4-10,22H,11-13H2,1-3H3. The number of carbonyl (C=O) groups excluding carboxylic acids is 1. The van der Waals surface area contributed by atoms with E-state index >= 15 is 0 Å². The number of rotatable bonds is 3. The average Bonchev–Trinajstić information content (AvgIpc) is 2.99. The number of benzene rings is 2. The Morgan fingerprint density at radius 2 is 1.92 bits per heavy atom. The fraction of sp³-hybridized carbons (Fsp3) is 0.350. The Labute approximate surface area is 147 Å². The third-order valence-corrected chi connectivity index (χ3v) is 3.90. The molecule has 0 unspecified atom stereocenters. The van der Waals surface area contributed by atoms with Crippen LogP contribution in [0.3, 0.4) is 0 Å². The van der Waals surface area contributed by atoms with E-state index in [1.807, 2.05) is 57.2 Å². The molecule has 1 heterocycles. The van der Waals surface area contributed by atoms with Crippen LogP contribution in [0.25, 0.3) is 0 Å². The fourth-order valence-corrected chi connectivity index (χ4v) is 2.78. The molecule has 1 aliphatic heterocycles. The first-order valence-electron chi connectivity index (χ1n) is 8.32. The first-order valence-corrected chi connectivity index (χ1v) is 8.32. The zero-order chi connectivity index (χ0) is 18.0. The summed E-state index contributed by atoms with van der Waals surface area (Å²) in [5.41, 5.74) is 2.32. The van der Waals surface area contributed by atoms with Crippen molar-refractivity contribution in [3.8, 4) is 11.5 Å². The van der Waals surface area contributed by atoms with Crippen molar-refractivity contribution in [1.29, 1.82) is 0 Å². The molecule has 0 spiro atoms. The molecule has 1 amide bonds. The van der Waals surface area contributed by atoms with Crippen LogP contribution in [-0.4, -0.2) is 21.7 Å². The Morgan fingerprint density at radius 1 is 1.16 bits per heavy atom. The van der Waals surface area contributed by atoms with Crippen LogP contribution >= 0.6 is 0 Å². The van der Waals surface area contributed by atoms with Gasteiger partial charge in [0.15, 0.2) is 0 Å². The maximum absolute atomic E-state index is 12.3. The van der Waals surface area contributed by atoms with E-state index in [2.05, 4.69) is 0 Å². The molecule has 0 aliphatic carbocycles. The van der Waals surface area contributed by atoms with Gasteiger partial charge in [0.25, 0.3) is 0 Å². The molecular weight excluding hydrogens is 318 g/mol. The lowest BCUT2D eigenvalue weighted by atomic mass is 10.1. The van der Waals surface area contributed by atoms with Gasteiger partial charge in [-0.25, -0.2) is 4.79 Å². The summed E-state index contributed by atoms with van der Waals surface area (Å²) in [6.07, 6.45) is -0.322. The van der Waals surface area contributed by atoms with Crippen LogP contribution in [0, 0.1) is 0 Å². The van der Waals surface area contributed by atoms with E-state index in [4.69, 9.17) is 9.47 Å². The molecule has 0 saturated carbocycles. The summed E-state index contributed by atoms with van der Waals surface area (Å²) in [5, 5.41) is 9.26. The predicted octanol–water partition coefficient (Wildman–Crippen LogP) is 4.22. The van der Waals surface area contributed by atoms with Crippen molar-refractivity contribution >= 4 is 6.09 Å². The summed E-state index contributed by atoms with van der Waals surface area (Å²) < 4.78 is 11.5. The number of fused-ring (bicyclic) bond motifs is 1. The molecular formula is C20H23NO4. The molecule has 2 aromatic rings. The highest BCUT2D eigenvalue weighted by molar-refractivity contribution is 5.70. The molecule has 2 aromatic carbocycles. The molecule has 5 heteroatoms. The van der Waals surface area contributed by atoms with Gasteiger partial charge in [-0.05, 0) is 50.1 Å². The Kier molecular flexibility index (Phi) is 4.68. The van der Waals surface area contributed by atoms with Gasteiger partial charge in [-0.3, -0.25) is 4.90 Å². The minimum Gasteiger partial charge on any atom is -0.457 e. The molecule has 0 bridgehead atoms. The molecule has 3 rings (SSSR count). The quantitative estimate of drug-likeness (QED) is 0.908. The minimum absolute atomic E-state index is 0.0312. The molecule has 25 heavy (non-hydrogen) atoms. The molecule has 5 nitrogen and oxygen atoms in total. The van der Waals surface area contributed by atoms with Crippen LogP contribution in [0.4, 0.5) is 4.79 Å². The highest BCUT2D eigenvalue weighted by Crippen LogP contribution is 2.34. The van der Waals surface area contributed by atoms with Gasteiger partial charge >= 0.3 is 6.09 Å². The highest BCUT2D eigenvalue weighted by Gasteiger charge is 2.29. The zero-order valence-electron chi connectivity index (χ0n) is 14.8. The molecule has 0 radical (unpaired) electrons. The molecule has 0 fully saturated rings. The molecule has 1 aliphatic rings. The maximum atomic E-state index is 12.3. The van der Waals surface area contributed by atoms with Gasteiger partial charge in [0.2, 0.25) is 0 Å². The lowest BCUT2D eigenvalue weighted by molar-refractivity contribution is 0.0241. The number of ether oxygens (including phenoxy) is 2. The summed E-state index contributed by atoms with van der Waals surface area (Å²) >= 11 is 0. The number of hydrogen-bond acceptors (Lipinski definition) is 4. The van der Waals surface area contributed by atoms with E-state index in [-0.39, 0.29) is 12.7 Å². The minimum atomic E-state index is -0.518. The molecule has 1 N–H and O–H groups in total. The Balaban J connectivity index is 1.78.